The van der Waals surface area contributed by atoms with Gasteiger partial charge in [0, 0.05) is 11.8 Å². The molecule has 0 aliphatic heterocycles. The van der Waals surface area contributed by atoms with Crippen LogP contribution in [0.5, 0.6) is 5.75 Å². The number of nitrogens with two attached hydrogens (primary N) is 1. The number of aromatic nitrogens is 3. The van der Waals surface area contributed by atoms with Gasteiger partial charge in [-0.2, -0.15) is 0 Å². The van der Waals surface area contributed by atoms with Crippen LogP contribution in [0.4, 0.5) is 13.2 Å². The molecular weight excluding hydrogens is 393 g/mol. The van der Waals surface area contributed by atoms with Gasteiger partial charge in [0.1, 0.15) is 12.1 Å². The van der Waals surface area contributed by atoms with Crippen molar-refractivity contribution in [1.82, 2.24) is 20.2 Å². The third-order valence-electron chi connectivity index (χ3n) is 3.45. The van der Waals surface area contributed by atoms with E-state index in [0.717, 1.165) is 11.1 Å². The second kappa shape index (κ2) is 8.15. The summed E-state index contributed by atoms with van der Waals surface area (Å²) in [7, 11) is 0. The highest BCUT2D eigenvalue weighted by Crippen LogP contribution is 2.24. The molecule has 7 nitrogen and oxygen atoms in total. The number of hydrogen-bond donors (Lipinski definition) is 2. The van der Waals surface area contributed by atoms with Gasteiger partial charge in [-0.1, -0.05) is 24.3 Å². The van der Waals surface area contributed by atoms with Gasteiger partial charge < -0.3 is 4.74 Å². The molecule has 0 spiro atoms. The van der Waals surface area contributed by atoms with E-state index in [1.807, 2.05) is 12.1 Å². The Morgan fingerprint density at radius 3 is 2.43 bits per heavy atom. The number of ether oxygens (including phenoxy) is 1. The third-order valence-corrected chi connectivity index (χ3v) is 3.67. The summed E-state index contributed by atoms with van der Waals surface area (Å²) >= 11 is 4.82. The maximum Gasteiger partial charge on any atom is 0.573 e. The van der Waals surface area contributed by atoms with Crippen molar-refractivity contribution in [2.24, 2.45) is 10.8 Å². The molecule has 0 radical (unpaired) electrons. The minimum atomic E-state index is -4.73. The molecule has 3 aromatic rings. The number of hydrogen-bond acceptors (Lipinski definition) is 5. The van der Waals surface area contributed by atoms with E-state index < -0.39 is 6.36 Å². The molecule has 0 amide bonds. The Hall–Kier alpha value is -3.31. The average molecular weight is 406 g/mol. The minimum Gasteiger partial charge on any atom is -0.406 e. The van der Waals surface area contributed by atoms with Gasteiger partial charge in [0.2, 0.25) is 5.11 Å². The maximum absolute atomic E-state index is 12.2. The summed E-state index contributed by atoms with van der Waals surface area (Å²) in [5.74, 6) is 5.29. The normalized spacial score (nSPS) is 11.6. The molecule has 0 atom stereocenters. The van der Waals surface area contributed by atoms with Gasteiger partial charge in [-0.3, -0.25) is 5.43 Å². The second-order valence-corrected chi connectivity index (χ2v) is 5.77. The van der Waals surface area contributed by atoms with Crippen LogP contribution in [0.25, 0.3) is 17.1 Å². The monoisotopic (exact) mass is 406 g/mol. The van der Waals surface area contributed by atoms with E-state index in [1.54, 1.807) is 18.3 Å². The summed E-state index contributed by atoms with van der Waals surface area (Å²) < 4.78 is 41.9. The summed E-state index contributed by atoms with van der Waals surface area (Å²) in [6, 6.07) is 12.5. The van der Waals surface area contributed by atoms with Gasteiger partial charge >= 0.3 is 6.36 Å². The van der Waals surface area contributed by atoms with E-state index in [2.05, 4.69) is 25.2 Å². The van der Waals surface area contributed by atoms with Crippen LogP contribution in [-0.2, 0) is 0 Å². The van der Waals surface area contributed by atoms with E-state index in [1.165, 1.54) is 35.3 Å². The summed E-state index contributed by atoms with van der Waals surface area (Å²) in [4.78, 5) is 8.16. The number of thiocarbonyl (C=S) groups is 1. The maximum atomic E-state index is 12.2. The zero-order valence-electron chi connectivity index (χ0n) is 14.1. The van der Waals surface area contributed by atoms with Gasteiger partial charge in [0.05, 0.1) is 5.69 Å². The van der Waals surface area contributed by atoms with E-state index in [0.29, 0.717) is 11.5 Å². The average Bonchev–Trinajstić information content (AvgIpc) is 3.16. The second-order valence-electron chi connectivity index (χ2n) is 5.38. The SMILES string of the molecule is NNC(=S)N=Cc1ccc(-c2ncn(-c3ccc(OC(F)(F)F)cc3)n2)cc1. The number of nitrogens with one attached hydrogen (secondary N) is 1. The molecule has 11 heteroatoms. The fourth-order valence-electron chi connectivity index (χ4n) is 2.21. The lowest BCUT2D eigenvalue weighted by atomic mass is 10.1. The van der Waals surface area contributed by atoms with Crippen LogP contribution in [0.15, 0.2) is 59.9 Å². The highest BCUT2D eigenvalue weighted by Gasteiger charge is 2.30. The molecule has 0 fully saturated rings. The van der Waals surface area contributed by atoms with Crippen LogP contribution in [0.2, 0.25) is 0 Å². The Morgan fingerprint density at radius 1 is 1.14 bits per heavy atom. The van der Waals surface area contributed by atoms with Crippen molar-refractivity contribution in [3.8, 4) is 22.8 Å². The topological polar surface area (TPSA) is 90.3 Å². The van der Waals surface area contributed by atoms with Crippen molar-refractivity contribution in [2.45, 2.75) is 6.36 Å². The minimum absolute atomic E-state index is 0.163. The molecule has 1 heterocycles. The molecule has 0 saturated heterocycles. The van der Waals surface area contributed by atoms with Gasteiger partial charge in [-0.25, -0.2) is 20.5 Å². The molecule has 3 rings (SSSR count). The highest BCUT2D eigenvalue weighted by molar-refractivity contribution is 7.80. The summed E-state index contributed by atoms with van der Waals surface area (Å²) in [6.45, 7) is 0. The predicted octanol–water partition coefficient (Wildman–Crippen LogP) is 3.00. The van der Waals surface area contributed by atoms with Crippen molar-refractivity contribution in [3.63, 3.8) is 0 Å². The van der Waals surface area contributed by atoms with E-state index in [-0.39, 0.29) is 10.9 Å². The van der Waals surface area contributed by atoms with Crippen molar-refractivity contribution in [3.05, 3.63) is 60.4 Å². The predicted molar refractivity (Wildman–Crippen MR) is 101 cm³/mol. The zero-order chi connectivity index (χ0) is 20.1. The highest BCUT2D eigenvalue weighted by atomic mass is 32.1. The third kappa shape index (κ3) is 5.11. The number of rotatable bonds is 4. The van der Waals surface area contributed by atoms with Crippen molar-refractivity contribution >= 4 is 23.5 Å². The van der Waals surface area contributed by atoms with E-state index in [4.69, 9.17) is 18.1 Å². The Kier molecular flexibility index (Phi) is 5.66. The number of hydrazine groups is 1. The number of halogens is 3. The molecule has 0 bridgehead atoms. The van der Waals surface area contributed by atoms with Crippen molar-refractivity contribution < 1.29 is 17.9 Å². The summed E-state index contributed by atoms with van der Waals surface area (Å²) in [6.07, 6.45) is -1.71. The first-order chi connectivity index (χ1) is 13.3. The molecule has 0 saturated carbocycles. The van der Waals surface area contributed by atoms with Crippen LogP contribution >= 0.6 is 12.2 Å². The van der Waals surface area contributed by atoms with Crippen LogP contribution in [0, 0.1) is 0 Å². The summed E-state index contributed by atoms with van der Waals surface area (Å²) in [5.41, 5.74) is 4.36. The Labute approximate surface area is 162 Å². The first kappa shape index (κ1) is 19.5. The molecule has 3 N–H and O–H groups in total. The van der Waals surface area contributed by atoms with Crippen molar-refractivity contribution in [1.29, 1.82) is 0 Å². The quantitative estimate of drug-likeness (QED) is 0.300. The summed E-state index contributed by atoms with van der Waals surface area (Å²) in [5, 5.41) is 4.50. The number of benzene rings is 2. The van der Waals surface area contributed by atoms with Gasteiger partial charge in [-0.15, -0.1) is 18.3 Å². The lowest BCUT2D eigenvalue weighted by Crippen LogP contribution is -2.26. The lowest BCUT2D eigenvalue weighted by molar-refractivity contribution is -0.274. The number of nitrogens with zero attached hydrogens (tertiary/aromatic N) is 4. The Morgan fingerprint density at radius 2 is 1.82 bits per heavy atom. The number of aliphatic imine (C=N–C) groups is 1. The van der Waals surface area contributed by atoms with Crippen LogP contribution in [0.1, 0.15) is 5.56 Å². The van der Waals surface area contributed by atoms with Crippen LogP contribution in [0.3, 0.4) is 0 Å². The first-order valence-electron chi connectivity index (χ1n) is 7.77. The fourth-order valence-corrected chi connectivity index (χ4v) is 2.26. The molecule has 144 valence electrons. The van der Waals surface area contributed by atoms with Crippen LogP contribution < -0.4 is 16.0 Å². The Balaban J connectivity index is 1.73. The van der Waals surface area contributed by atoms with Gasteiger partial charge in [0.15, 0.2) is 5.82 Å². The molecule has 0 aliphatic rings. The fraction of sp³-hybridized carbons (Fsp3) is 0.0588. The first-order valence-corrected chi connectivity index (χ1v) is 8.18. The van der Waals surface area contributed by atoms with Crippen molar-refractivity contribution in [2.75, 3.05) is 0 Å². The Bertz CT molecular complexity index is 983. The molecule has 0 aliphatic carbocycles. The molecule has 28 heavy (non-hydrogen) atoms. The molecule has 0 unspecified atom stereocenters. The zero-order valence-corrected chi connectivity index (χ0v) is 14.9. The van der Waals surface area contributed by atoms with Crippen LogP contribution in [-0.4, -0.2) is 32.5 Å². The van der Waals surface area contributed by atoms with E-state index >= 15 is 0 Å². The standard InChI is InChI=1S/C17H13F3N6OS/c18-17(19,20)27-14-7-5-13(6-8-14)26-10-23-15(25-26)12-3-1-11(2-4-12)9-22-16(28)24-21/h1-10H,21H2,(H,24,28). The van der Waals surface area contributed by atoms with Gasteiger partial charge in [-0.05, 0) is 42.0 Å². The van der Waals surface area contributed by atoms with Gasteiger partial charge in [0.25, 0.3) is 0 Å². The van der Waals surface area contributed by atoms with E-state index in [9.17, 15) is 13.2 Å². The smallest absolute Gasteiger partial charge is 0.406 e. The molecule has 2 aromatic carbocycles. The molecule has 1 aromatic heterocycles. The number of alkyl halides is 3. The molecular formula is C17H13F3N6OS. The largest absolute Gasteiger partial charge is 0.573 e. The lowest BCUT2D eigenvalue weighted by Gasteiger charge is -2.09.